The summed E-state index contributed by atoms with van der Waals surface area (Å²) in [4.78, 5) is 0.339. The van der Waals surface area contributed by atoms with E-state index in [4.69, 9.17) is 29.6 Å². The van der Waals surface area contributed by atoms with Crippen molar-refractivity contribution in [1.29, 1.82) is 0 Å². The first-order chi connectivity index (χ1) is 9.47. The van der Waals surface area contributed by atoms with Gasteiger partial charge in [0.15, 0.2) is 0 Å². The van der Waals surface area contributed by atoms with Crippen molar-refractivity contribution in [2.24, 2.45) is 5.73 Å². The number of aryl methyl sites for hydroxylation is 1. The molecule has 0 aliphatic rings. The fourth-order valence-electron chi connectivity index (χ4n) is 2.02. The van der Waals surface area contributed by atoms with Gasteiger partial charge < -0.3 is 11.1 Å². The van der Waals surface area contributed by atoms with Gasteiger partial charge in [0.1, 0.15) is 4.99 Å². The molecule has 4 heteroatoms. The summed E-state index contributed by atoms with van der Waals surface area (Å²) in [7, 11) is 0. The van der Waals surface area contributed by atoms with Crippen LogP contribution in [0.5, 0.6) is 0 Å². The highest BCUT2D eigenvalue weighted by molar-refractivity contribution is 7.80. The van der Waals surface area contributed by atoms with Crippen LogP contribution in [0.3, 0.4) is 0 Å². The maximum atomic E-state index is 5.99. The summed E-state index contributed by atoms with van der Waals surface area (Å²) in [6.07, 6.45) is 0. The number of benzene rings is 2. The van der Waals surface area contributed by atoms with Gasteiger partial charge >= 0.3 is 0 Å². The number of nitrogens with two attached hydrogens (primary N) is 1. The highest BCUT2D eigenvalue weighted by Crippen LogP contribution is 2.25. The predicted molar refractivity (Wildman–Crippen MR) is 90.6 cm³/mol. The molecule has 0 radical (unpaired) electrons. The second-order valence-corrected chi connectivity index (χ2v) is 5.71. The summed E-state index contributed by atoms with van der Waals surface area (Å²) in [5.41, 5.74) is 9.87. The van der Waals surface area contributed by atoms with E-state index in [1.807, 2.05) is 12.1 Å². The van der Waals surface area contributed by atoms with Crippen LogP contribution in [0.1, 0.15) is 29.7 Å². The fraction of sp³-hybridized carbons (Fsp3) is 0.188. The van der Waals surface area contributed by atoms with Gasteiger partial charge in [0.25, 0.3) is 0 Å². The topological polar surface area (TPSA) is 38.0 Å². The smallest absolute Gasteiger partial charge is 0.106 e. The van der Waals surface area contributed by atoms with E-state index in [2.05, 4.69) is 43.4 Å². The molecule has 104 valence electrons. The lowest BCUT2D eigenvalue weighted by Gasteiger charge is -2.18. The molecule has 2 aromatic carbocycles. The minimum absolute atomic E-state index is 0.157. The van der Waals surface area contributed by atoms with Gasteiger partial charge in [-0.25, -0.2) is 0 Å². The highest BCUT2D eigenvalue weighted by atomic mass is 35.5. The number of rotatable bonds is 4. The summed E-state index contributed by atoms with van der Waals surface area (Å²) in [6.45, 7) is 4.18. The van der Waals surface area contributed by atoms with Gasteiger partial charge in [-0.05, 0) is 37.6 Å². The van der Waals surface area contributed by atoms with Crippen LogP contribution in [0.15, 0.2) is 42.5 Å². The van der Waals surface area contributed by atoms with Crippen LogP contribution in [-0.4, -0.2) is 4.99 Å². The van der Waals surface area contributed by atoms with E-state index >= 15 is 0 Å². The summed E-state index contributed by atoms with van der Waals surface area (Å²) >= 11 is 11.1. The molecule has 1 atom stereocenters. The second-order valence-electron chi connectivity index (χ2n) is 4.83. The lowest BCUT2D eigenvalue weighted by molar-refractivity contribution is 0.883. The molecule has 2 rings (SSSR count). The molecule has 0 saturated heterocycles. The van der Waals surface area contributed by atoms with Crippen LogP contribution in [0, 0.1) is 6.92 Å². The van der Waals surface area contributed by atoms with Crippen LogP contribution in [0.25, 0.3) is 0 Å². The number of hydrogen-bond donors (Lipinski definition) is 2. The first-order valence-electron chi connectivity index (χ1n) is 6.40. The molecule has 0 spiro atoms. The van der Waals surface area contributed by atoms with Crippen molar-refractivity contribution in [3.63, 3.8) is 0 Å². The highest BCUT2D eigenvalue weighted by Gasteiger charge is 2.10. The van der Waals surface area contributed by atoms with E-state index in [-0.39, 0.29) is 6.04 Å². The molecule has 2 aromatic rings. The Morgan fingerprint density at radius 1 is 1.20 bits per heavy atom. The molecule has 0 heterocycles. The average Bonchev–Trinajstić information content (AvgIpc) is 2.41. The number of thiocarbonyl (C=S) groups is 1. The molecule has 0 bridgehead atoms. The Morgan fingerprint density at radius 3 is 2.45 bits per heavy atom. The Hall–Kier alpha value is -1.58. The van der Waals surface area contributed by atoms with Crippen molar-refractivity contribution >= 4 is 34.5 Å². The Labute approximate surface area is 130 Å². The first kappa shape index (κ1) is 14.8. The third-order valence-corrected chi connectivity index (χ3v) is 3.65. The van der Waals surface area contributed by atoms with Crippen molar-refractivity contribution in [3.05, 3.63) is 64.2 Å². The minimum Gasteiger partial charge on any atom is -0.389 e. The van der Waals surface area contributed by atoms with Crippen molar-refractivity contribution in [2.45, 2.75) is 19.9 Å². The van der Waals surface area contributed by atoms with Crippen LogP contribution in [-0.2, 0) is 0 Å². The Morgan fingerprint density at radius 2 is 1.85 bits per heavy atom. The molecule has 3 N–H and O–H groups in total. The maximum Gasteiger partial charge on any atom is 0.106 e. The first-order valence-corrected chi connectivity index (χ1v) is 7.18. The largest absolute Gasteiger partial charge is 0.389 e. The third kappa shape index (κ3) is 3.50. The lowest BCUT2D eigenvalue weighted by Crippen LogP contribution is -2.15. The third-order valence-electron chi connectivity index (χ3n) is 3.20. The number of anilines is 1. The van der Waals surface area contributed by atoms with Gasteiger partial charge in [-0.3, -0.25) is 0 Å². The monoisotopic (exact) mass is 304 g/mol. The summed E-state index contributed by atoms with van der Waals surface area (Å²) in [6, 6.07) is 14.1. The van der Waals surface area contributed by atoms with Crippen LogP contribution < -0.4 is 11.1 Å². The van der Waals surface area contributed by atoms with Gasteiger partial charge in [0, 0.05) is 22.3 Å². The maximum absolute atomic E-state index is 5.99. The van der Waals surface area contributed by atoms with Crippen molar-refractivity contribution < 1.29 is 0 Å². The zero-order valence-electron chi connectivity index (χ0n) is 11.5. The molecular weight excluding hydrogens is 288 g/mol. The minimum atomic E-state index is 0.157. The Balaban J connectivity index is 2.25. The van der Waals surface area contributed by atoms with Crippen LogP contribution in [0.4, 0.5) is 5.69 Å². The van der Waals surface area contributed by atoms with Crippen LogP contribution in [0.2, 0.25) is 5.02 Å². The number of halogens is 1. The van der Waals surface area contributed by atoms with Gasteiger partial charge in [-0.15, -0.1) is 0 Å². The Kier molecular flexibility index (Phi) is 4.63. The van der Waals surface area contributed by atoms with E-state index in [0.29, 0.717) is 10.0 Å². The molecule has 0 amide bonds. The van der Waals surface area contributed by atoms with E-state index < -0.39 is 0 Å². The molecular formula is C16H17ClN2S. The molecule has 0 aliphatic carbocycles. The fourth-order valence-corrected chi connectivity index (χ4v) is 2.36. The molecule has 1 unspecified atom stereocenters. The van der Waals surface area contributed by atoms with E-state index in [0.717, 1.165) is 11.3 Å². The van der Waals surface area contributed by atoms with Crippen LogP contribution >= 0.6 is 23.8 Å². The molecule has 20 heavy (non-hydrogen) atoms. The summed E-state index contributed by atoms with van der Waals surface area (Å²) in [5, 5.41) is 4.05. The van der Waals surface area contributed by atoms with E-state index in [9.17, 15) is 0 Å². The molecule has 0 aromatic heterocycles. The standard InChI is InChI=1S/C16H17ClN2S/c1-10-3-5-12(6-4-10)11(2)19-15-8-7-13(17)9-14(15)16(18)20/h3-9,11,19H,1-2H3,(H2,18,20). The summed E-state index contributed by atoms with van der Waals surface area (Å²) < 4.78 is 0. The number of nitrogens with one attached hydrogen (secondary N) is 1. The van der Waals surface area contributed by atoms with E-state index in [1.165, 1.54) is 11.1 Å². The average molecular weight is 305 g/mol. The molecule has 2 nitrogen and oxygen atoms in total. The van der Waals surface area contributed by atoms with Gasteiger partial charge in [0.05, 0.1) is 0 Å². The predicted octanol–water partition coefficient (Wildman–Crippen LogP) is 4.46. The zero-order valence-corrected chi connectivity index (χ0v) is 13.1. The van der Waals surface area contributed by atoms with Crippen molar-refractivity contribution in [1.82, 2.24) is 0 Å². The normalized spacial score (nSPS) is 11.9. The molecule has 0 aliphatic heterocycles. The van der Waals surface area contributed by atoms with Gasteiger partial charge in [-0.2, -0.15) is 0 Å². The number of hydrogen-bond acceptors (Lipinski definition) is 2. The second kappa shape index (κ2) is 6.25. The van der Waals surface area contributed by atoms with Gasteiger partial charge in [-0.1, -0.05) is 53.6 Å². The Bertz CT molecular complexity index is 623. The quantitative estimate of drug-likeness (QED) is 0.819. The van der Waals surface area contributed by atoms with Crippen molar-refractivity contribution in [2.75, 3.05) is 5.32 Å². The zero-order chi connectivity index (χ0) is 14.7. The van der Waals surface area contributed by atoms with E-state index in [1.54, 1.807) is 6.07 Å². The van der Waals surface area contributed by atoms with Gasteiger partial charge in [0.2, 0.25) is 0 Å². The summed E-state index contributed by atoms with van der Waals surface area (Å²) in [5.74, 6) is 0. The SMILES string of the molecule is Cc1ccc(C(C)Nc2ccc(Cl)cc2C(N)=S)cc1. The molecule has 0 saturated carbocycles. The molecule has 0 fully saturated rings. The van der Waals surface area contributed by atoms with Crippen molar-refractivity contribution in [3.8, 4) is 0 Å². The lowest BCUT2D eigenvalue weighted by atomic mass is 10.1.